The summed E-state index contributed by atoms with van der Waals surface area (Å²) in [6.07, 6.45) is 5.99. The zero-order valence-corrected chi connectivity index (χ0v) is 11.7. The highest BCUT2D eigenvalue weighted by Crippen LogP contribution is 2.43. The minimum Gasteiger partial charge on any atom is -0.368 e. The van der Waals surface area contributed by atoms with Gasteiger partial charge in [-0.25, -0.2) is 0 Å². The quantitative estimate of drug-likeness (QED) is 0.811. The van der Waals surface area contributed by atoms with Crippen LogP contribution >= 0.6 is 11.8 Å². The third kappa shape index (κ3) is 2.34. The van der Waals surface area contributed by atoms with Crippen molar-refractivity contribution in [2.45, 2.75) is 57.5 Å². The maximum atomic E-state index is 12.0. The van der Waals surface area contributed by atoms with Crippen LogP contribution in [0.15, 0.2) is 0 Å². The van der Waals surface area contributed by atoms with Crippen LogP contribution in [0.5, 0.6) is 0 Å². The van der Waals surface area contributed by atoms with Crippen molar-refractivity contribution in [2.75, 3.05) is 11.5 Å². The molecule has 1 atom stereocenters. The fourth-order valence-electron chi connectivity index (χ4n) is 3.09. The second kappa shape index (κ2) is 4.81. The van der Waals surface area contributed by atoms with E-state index >= 15 is 0 Å². The van der Waals surface area contributed by atoms with E-state index in [1.807, 2.05) is 11.8 Å². The van der Waals surface area contributed by atoms with Crippen LogP contribution in [0.4, 0.5) is 0 Å². The molecule has 1 saturated heterocycles. The predicted octanol–water partition coefficient (Wildman–Crippen LogP) is 1.91. The largest absolute Gasteiger partial charge is 0.368 e. The van der Waals surface area contributed by atoms with Crippen molar-refractivity contribution in [3.63, 3.8) is 0 Å². The summed E-state index contributed by atoms with van der Waals surface area (Å²) < 4.78 is 0. The summed E-state index contributed by atoms with van der Waals surface area (Å²) in [6.45, 7) is 4.36. The van der Waals surface area contributed by atoms with Crippen LogP contribution in [0.2, 0.25) is 0 Å². The lowest BCUT2D eigenvalue weighted by Gasteiger charge is -2.49. The van der Waals surface area contributed by atoms with Crippen molar-refractivity contribution in [3.8, 4) is 0 Å². The first-order valence-electron chi connectivity index (χ1n) is 6.63. The fraction of sp³-hybridized carbons (Fsp3) is 0.923. The molecule has 2 aliphatic rings. The summed E-state index contributed by atoms with van der Waals surface area (Å²) >= 11 is 1.85. The molecule has 17 heavy (non-hydrogen) atoms. The Bertz CT molecular complexity index is 300. The number of primary amides is 1. The molecule has 0 aromatic carbocycles. The number of hydrogen-bond donors (Lipinski definition) is 2. The summed E-state index contributed by atoms with van der Waals surface area (Å²) in [5.41, 5.74) is 5.20. The first kappa shape index (κ1) is 13.2. The predicted molar refractivity (Wildman–Crippen MR) is 73.0 cm³/mol. The van der Waals surface area contributed by atoms with Gasteiger partial charge in [0.25, 0.3) is 0 Å². The van der Waals surface area contributed by atoms with Crippen molar-refractivity contribution >= 4 is 17.7 Å². The topological polar surface area (TPSA) is 55.1 Å². The Morgan fingerprint density at radius 3 is 2.53 bits per heavy atom. The van der Waals surface area contributed by atoms with Crippen LogP contribution in [0.1, 0.15) is 46.0 Å². The standard InChI is InChI=1S/C13H24N2OS/c1-12(2)7-8-17-9-13(12,11(14)16)15-10-5-3-4-6-10/h10,15H,3-9H2,1-2H3,(H2,14,16). The van der Waals surface area contributed by atoms with Crippen LogP contribution in [-0.2, 0) is 4.79 Å². The molecule has 98 valence electrons. The molecule has 2 fully saturated rings. The smallest absolute Gasteiger partial charge is 0.239 e. The van der Waals surface area contributed by atoms with Crippen molar-refractivity contribution < 1.29 is 4.79 Å². The molecule has 0 bridgehead atoms. The van der Waals surface area contributed by atoms with Gasteiger partial charge in [-0.2, -0.15) is 11.8 Å². The number of rotatable bonds is 3. The van der Waals surface area contributed by atoms with Gasteiger partial charge in [0.1, 0.15) is 5.54 Å². The molecule has 0 aromatic rings. The second-order valence-electron chi connectivity index (χ2n) is 6.08. The second-order valence-corrected chi connectivity index (χ2v) is 7.19. The Labute approximate surface area is 108 Å². The number of carbonyl (C=O) groups is 1. The van der Waals surface area contributed by atoms with Crippen molar-refractivity contribution in [3.05, 3.63) is 0 Å². The molecule has 3 N–H and O–H groups in total. The molecule has 1 saturated carbocycles. The van der Waals surface area contributed by atoms with Crippen LogP contribution in [0, 0.1) is 5.41 Å². The molecular weight excluding hydrogens is 232 g/mol. The van der Waals surface area contributed by atoms with E-state index in [0.29, 0.717) is 6.04 Å². The highest BCUT2D eigenvalue weighted by molar-refractivity contribution is 7.99. The zero-order chi connectivity index (χ0) is 12.5. The van der Waals surface area contributed by atoms with E-state index in [4.69, 9.17) is 5.73 Å². The number of thioether (sulfide) groups is 1. The van der Waals surface area contributed by atoms with Gasteiger partial charge in [0, 0.05) is 11.8 Å². The number of carbonyl (C=O) groups excluding carboxylic acids is 1. The molecule has 1 heterocycles. The normalized spacial score (nSPS) is 33.8. The van der Waals surface area contributed by atoms with E-state index in [2.05, 4.69) is 19.2 Å². The van der Waals surface area contributed by atoms with Crippen LogP contribution < -0.4 is 11.1 Å². The molecule has 0 aromatic heterocycles. The monoisotopic (exact) mass is 256 g/mol. The highest BCUT2D eigenvalue weighted by atomic mass is 32.2. The molecule has 1 unspecified atom stereocenters. The minimum absolute atomic E-state index is 0.0350. The van der Waals surface area contributed by atoms with Crippen LogP contribution in [-0.4, -0.2) is 29.0 Å². The van der Waals surface area contributed by atoms with E-state index in [9.17, 15) is 4.79 Å². The van der Waals surface area contributed by atoms with Gasteiger partial charge in [-0.1, -0.05) is 26.7 Å². The Kier molecular flexibility index (Phi) is 3.74. The Balaban J connectivity index is 2.20. The van der Waals surface area contributed by atoms with Crippen molar-refractivity contribution in [2.24, 2.45) is 11.1 Å². The maximum absolute atomic E-state index is 12.0. The molecule has 1 aliphatic heterocycles. The Morgan fingerprint density at radius 2 is 2.00 bits per heavy atom. The van der Waals surface area contributed by atoms with E-state index in [-0.39, 0.29) is 11.3 Å². The average molecular weight is 256 g/mol. The Morgan fingerprint density at radius 1 is 1.35 bits per heavy atom. The molecule has 1 amide bonds. The van der Waals surface area contributed by atoms with Gasteiger partial charge in [-0.15, -0.1) is 0 Å². The Hall–Kier alpha value is -0.220. The van der Waals surface area contributed by atoms with E-state index in [1.54, 1.807) is 0 Å². The lowest BCUT2D eigenvalue weighted by molar-refractivity contribution is -0.129. The summed E-state index contributed by atoms with van der Waals surface area (Å²) in [4.78, 5) is 12.0. The lowest BCUT2D eigenvalue weighted by atomic mass is 9.70. The van der Waals surface area contributed by atoms with Gasteiger partial charge in [0.15, 0.2) is 0 Å². The molecule has 4 heteroatoms. The summed E-state index contributed by atoms with van der Waals surface area (Å²) in [5.74, 6) is 1.79. The first-order valence-corrected chi connectivity index (χ1v) is 7.79. The molecule has 1 aliphatic carbocycles. The SMILES string of the molecule is CC1(C)CCSCC1(NC1CCCC1)C(N)=O. The minimum atomic E-state index is -0.509. The fourth-order valence-corrected chi connectivity index (χ4v) is 4.81. The van der Waals surface area contributed by atoms with Gasteiger partial charge in [0.2, 0.25) is 5.91 Å². The number of nitrogens with two attached hydrogens (primary N) is 1. The van der Waals surface area contributed by atoms with Crippen molar-refractivity contribution in [1.82, 2.24) is 5.32 Å². The van der Waals surface area contributed by atoms with E-state index in [0.717, 1.165) is 17.9 Å². The van der Waals surface area contributed by atoms with Gasteiger partial charge in [0.05, 0.1) is 0 Å². The maximum Gasteiger partial charge on any atom is 0.239 e. The van der Waals surface area contributed by atoms with Crippen LogP contribution in [0.25, 0.3) is 0 Å². The van der Waals surface area contributed by atoms with Gasteiger partial charge < -0.3 is 5.73 Å². The van der Waals surface area contributed by atoms with Crippen LogP contribution in [0.3, 0.4) is 0 Å². The third-order valence-corrected chi connectivity index (χ3v) is 5.70. The van der Waals surface area contributed by atoms with E-state index < -0.39 is 5.54 Å². The summed E-state index contributed by atoms with van der Waals surface area (Å²) in [5, 5.41) is 3.63. The number of hydrogen-bond acceptors (Lipinski definition) is 3. The van der Waals surface area contributed by atoms with Gasteiger partial charge >= 0.3 is 0 Å². The first-order chi connectivity index (χ1) is 7.98. The lowest BCUT2D eigenvalue weighted by Crippen LogP contribution is -2.69. The zero-order valence-electron chi connectivity index (χ0n) is 10.9. The summed E-state index contributed by atoms with van der Waals surface area (Å²) in [6, 6.07) is 0.487. The van der Waals surface area contributed by atoms with E-state index in [1.165, 1.54) is 25.7 Å². The molecular formula is C13H24N2OS. The molecule has 3 nitrogen and oxygen atoms in total. The molecule has 0 spiro atoms. The number of amides is 1. The third-order valence-electron chi connectivity index (χ3n) is 4.57. The average Bonchev–Trinajstić information content (AvgIpc) is 2.73. The molecule has 2 rings (SSSR count). The number of nitrogens with one attached hydrogen (secondary N) is 1. The van der Waals surface area contributed by atoms with Crippen molar-refractivity contribution in [1.29, 1.82) is 0 Å². The van der Waals surface area contributed by atoms with Gasteiger partial charge in [-0.05, 0) is 30.4 Å². The summed E-state index contributed by atoms with van der Waals surface area (Å²) in [7, 11) is 0. The van der Waals surface area contributed by atoms with Gasteiger partial charge in [-0.3, -0.25) is 10.1 Å². The highest BCUT2D eigenvalue weighted by Gasteiger charge is 2.52. The molecule has 0 radical (unpaired) electrons.